The van der Waals surface area contributed by atoms with Crippen molar-refractivity contribution in [3.63, 3.8) is 0 Å². The molecule has 34 heavy (non-hydrogen) atoms. The molecule has 3 aromatic rings. The lowest BCUT2D eigenvalue weighted by Gasteiger charge is -2.31. The third kappa shape index (κ3) is 6.71. The van der Waals surface area contributed by atoms with Crippen LogP contribution in [0.5, 0.6) is 0 Å². The zero-order valence-electron chi connectivity index (χ0n) is 19.7. The largest absolute Gasteiger partial charge is 0.465 e. The fourth-order valence-electron chi connectivity index (χ4n) is 3.81. The fraction of sp³-hybridized carbons (Fsp3) is 0.400. The third-order valence-corrected chi connectivity index (χ3v) is 5.32. The van der Waals surface area contributed by atoms with Crippen LogP contribution in [0.1, 0.15) is 36.7 Å². The Morgan fingerprint density at radius 1 is 1.12 bits per heavy atom. The second-order valence-corrected chi connectivity index (χ2v) is 8.65. The molecule has 0 aliphatic rings. The number of aliphatic hydroxyl groups excluding tert-OH is 1. The van der Waals surface area contributed by atoms with Gasteiger partial charge in [0.2, 0.25) is 0 Å². The molecule has 4 N–H and O–H groups in total. The molecule has 9 heteroatoms. The number of carboxylic acid groups (broad SMARTS) is 1. The maximum Gasteiger partial charge on any atom is 0.404 e. The van der Waals surface area contributed by atoms with Crippen LogP contribution in [0, 0.1) is 5.92 Å². The van der Waals surface area contributed by atoms with Gasteiger partial charge < -0.3 is 30.2 Å². The van der Waals surface area contributed by atoms with Crippen LogP contribution in [-0.2, 0) is 6.42 Å². The Labute approximate surface area is 198 Å². The minimum atomic E-state index is -1.23. The van der Waals surface area contributed by atoms with Gasteiger partial charge in [-0.1, -0.05) is 44.2 Å². The molecule has 0 aliphatic carbocycles. The number of carbonyl (C=O) groups is 2. The Hall–Kier alpha value is -3.59. The zero-order valence-corrected chi connectivity index (χ0v) is 19.7. The van der Waals surface area contributed by atoms with Crippen LogP contribution in [0.4, 0.5) is 10.8 Å². The van der Waals surface area contributed by atoms with Gasteiger partial charge in [-0.05, 0) is 43.0 Å². The topological polar surface area (TPSA) is 128 Å². The van der Waals surface area contributed by atoms with E-state index in [2.05, 4.69) is 15.6 Å². The lowest BCUT2D eigenvalue weighted by atomic mass is 10.00. The maximum absolute atomic E-state index is 13.4. The average Bonchev–Trinajstić information content (AvgIpc) is 3.19. The molecule has 0 aliphatic heterocycles. The lowest BCUT2D eigenvalue weighted by Crippen LogP contribution is -2.50. The molecule has 0 spiro atoms. The van der Waals surface area contributed by atoms with Gasteiger partial charge in [0.1, 0.15) is 5.52 Å². The number of nitrogens with one attached hydrogen (secondary N) is 2. The minimum Gasteiger partial charge on any atom is -0.465 e. The number of amides is 2. The van der Waals surface area contributed by atoms with Crippen molar-refractivity contribution in [1.29, 1.82) is 0 Å². The average molecular weight is 469 g/mol. The first-order valence-corrected chi connectivity index (χ1v) is 11.4. The Morgan fingerprint density at radius 2 is 1.85 bits per heavy atom. The van der Waals surface area contributed by atoms with Crippen LogP contribution in [0.15, 0.2) is 52.9 Å². The van der Waals surface area contributed by atoms with E-state index < -0.39 is 18.2 Å². The van der Waals surface area contributed by atoms with Crippen molar-refractivity contribution in [2.24, 2.45) is 5.92 Å². The van der Waals surface area contributed by atoms with E-state index in [1.165, 1.54) is 0 Å². The number of oxazole rings is 1. The molecule has 0 bridgehead atoms. The van der Waals surface area contributed by atoms with Crippen LogP contribution < -0.4 is 10.6 Å². The van der Waals surface area contributed by atoms with Crippen LogP contribution in [-0.4, -0.2) is 63.9 Å². The third-order valence-electron chi connectivity index (χ3n) is 5.32. The lowest BCUT2D eigenvalue weighted by molar-refractivity contribution is 0.0509. The predicted octanol–water partition coefficient (Wildman–Crippen LogP) is 3.60. The second kappa shape index (κ2) is 11.5. The van der Waals surface area contributed by atoms with Crippen LogP contribution in [0.3, 0.4) is 0 Å². The summed E-state index contributed by atoms with van der Waals surface area (Å²) in [7, 11) is 0. The monoisotopic (exact) mass is 468 g/mol. The quantitative estimate of drug-likeness (QED) is 0.338. The normalized spacial score (nSPS) is 13.0. The van der Waals surface area contributed by atoms with Gasteiger partial charge in [0, 0.05) is 25.2 Å². The van der Waals surface area contributed by atoms with Crippen molar-refractivity contribution in [3.05, 3.63) is 59.7 Å². The number of aliphatic hydroxyl groups is 1. The summed E-state index contributed by atoms with van der Waals surface area (Å²) in [6, 6.07) is 14.0. The number of hydrogen-bond acceptors (Lipinski definition) is 6. The van der Waals surface area contributed by atoms with Crippen LogP contribution in [0.25, 0.3) is 11.1 Å². The van der Waals surface area contributed by atoms with E-state index in [0.29, 0.717) is 42.2 Å². The molecule has 1 heterocycles. The number of hydrogen-bond donors (Lipinski definition) is 4. The van der Waals surface area contributed by atoms with Gasteiger partial charge in [-0.15, -0.1) is 0 Å². The smallest absolute Gasteiger partial charge is 0.404 e. The van der Waals surface area contributed by atoms with Crippen molar-refractivity contribution >= 4 is 29.1 Å². The summed E-state index contributed by atoms with van der Waals surface area (Å²) in [6.45, 7) is 6.93. The van der Waals surface area contributed by atoms with Crippen molar-refractivity contribution in [2.75, 3.05) is 25.0 Å². The van der Waals surface area contributed by atoms with E-state index >= 15 is 0 Å². The summed E-state index contributed by atoms with van der Waals surface area (Å²) < 4.78 is 5.67. The summed E-state index contributed by atoms with van der Waals surface area (Å²) in [5, 5.41) is 25.7. The molecule has 0 fully saturated rings. The van der Waals surface area contributed by atoms with E-state index in [4.69, 9.17) is 4.42 Å². The van der Waals surface area contributed by atoms with E-state index in [1.54, 1.807) is 23.1 Å². The number of nitrogens with zero attached hydrogens (tertiary/aromatic N) is 2. The van der Waals surface area contributed by atoms with Crippen molar-refractivity contribution in [3.8, 4) is 0 Å². The van der Waals surface area contributed by atoms with Crippen LogP contribution in [0.2, 0.25) is 0 Å². The standard InChI is InChI=1S/C25H32N4O5/c1-4-26-24-27-19-11-10-18(13-22(19)34-24)23(31)29(14-16(2)3)15-21(30)20(28-25(32)33)12-17-8-6-5-7-9-17/h5-11,13,16,20-21,28,30H,4,12,14-15H2,1-3H3,(H,26,27)(H,32,33)/t20?,21-/m1/s1. The molecular weight excluding hydrogens is 436 g/mol. The van der Waals surface area contributed by atoms with E-state index in [9.17, 15) is 19.8 Å². The van der Waals surface area contributed by atoms with Gasteiger partial charge in [-0.2, -0.15) is 4.98 Å². The predicted molar refractivity (Wildman–Crippen MR) is 130 cm³/mol. The van der Waals surface area contributed by atoms with E-state index in [1.807, 2.05) is 51.1 Å². The maximum atomic E-state index is 13.4. The highest BCUT2D eigenvalue weighted by molar-refractivity contribution is 5.97. The highest BCUT2D eigenvalue weighted by atomic mass is 16.4. The van der Waals surface area contributed by atoms with Crippen molar-refractivity contribution < 1.29 is 24.2 Å². The Balaban J connectivity index is 1.81. The number of anilines is 1. The van der Waals surface area contributed by atoms with Crippen molar-refractivity contribution in [1.82, 2.24) is 15.2 Å². The molecule has 0 saturated carbocycles. The van der Waals surface area contributed by atoms with Gasteiger partial charge in [0.15, 0.2) is 5.58 Å². The van der Waals surface area contributed by atoms with Gasteiger partial charge in [0.05, 0.1) is 12.1 Å². The summed E-state index contributed by atoms with van der Waals surface area (Å²) in [4.78, 5) is 30.7. The van der Waals surface area contributed by atoms with Gasteiger partial charge in [0.25, 0.3) is 11.9 Å². The first-order valence-electron chi connectivity index (χ1n) is 11.4. The highest BCUT2D eigenvalue weighted by Gasteiger charge is 2.27. The number of carbonyl (C=O) groups excluding carboxylic acids is 1. The molecule has 2 aromatic carbocycles. The van der Waals surface area contributed by atoms with Crippen LogP contribution >= 0.6 is 0 Å². The summed E-state index contributed by atoms with van der Waals surface area (Å²) in [6.07, 6.45) is -2.03. The molecular formula is C25H32N4O5. The zero-order chi connectivity index (χ0) is 24.7. The molecule has 1 unspecified atom stereocenters. The fourth-order valence-corrected chi connectivity index (χ4v) is 3.81. The first-order chi connectivity index (χ1) is 16.3. The molecule has 0 saturated heterocycles. The Bertz CT molecular complexity index is 1100. The molecule has 0 radical (unpaired) electrons. The molecule has 3 rings (SSSR count). The number of fused-ring (bicyclic) bond motifs is 1. The number of benzene rings is 2. The second-order valence-electron chi connectivity index (χ2n) is 8.65. The van der Waals surface area contributed by atoms with Crippen molar-refractivity contribution in [2.45, 2.75) is 39.3 Å². The summed E-state index contributed by atoms with van der Waals surface area (Å²) >= 11 is 0. The molecule has 9 nitrogen and oxygen atoms in total. The van der Waals surface area contributed by atoms with Gasteiger partial charge in [-0.3, -0.25) is 4.79 Å². The number of rotatable bonds is 11. The number of aromatic nitrogens is 1. The Morgan fingerprint density at radius 3 is 2.50 bits per heavy atom. The van der Waals surface area contributed by atoms with Gasteiger partial charge >= 0.3 is 6.09 Å². The van der Waals surface area contributed by atoms with E-state index in [-0.39, 0.29) is 18.4 Å². The summed E-state index contributed by atoms with van der Waals surface area (Å²) in [5.74, 6) is -0.129. The minimum absolute atomic E-state index is 0.0219. The summed E-state index contributed by atoms with van der Waals surface area (Å²) in [5.41, 5.74) is 2.41. The highest BCUT2D eigenvalue weighted by Crippen LogP contribution is 2.21. The molecule has 182 valence electrons. The van der Waals surface area contributed by atoms with E-state index in [0.717, 1.165) is 5.56 Å². The Kier molecular flexibility index (Phi) is 8.48. The first kappa shape index (κ1) is 25.0. The van der Waals surface area contributed by atoms with Gasteiger partial charge in [-0.25, -0.2) is 4.79 Å². The molecule has 2 atom stereocenters. The SMILES string of the molecule is CCNc1nc2ccc(C(=O)N(CC(C)C)C[C@@H](O)C(Cc3ccccc3)NC(=O)O)cc2o1. The molecule has 1 aromatic heterocycles. The molecule has 2 amide bonds.